The minimum atomic E-state index is -4.17. The fourth-order valence-corrected chi connectivity index (χ4v) is 3.63. The van der Waals surface area contributed by atoms with Gasteiger partial charge in [0.2, 0.25) is 11.9 Å². The van der Waals surface area contributed by atoms with E-state index in [4.69, 9.17) is 13.7 Å². The van der Waals surface area contributed by atoms with Crippen molar-refractivity contribution in [2.24, 2.45) is 16.8 Å². The molecule has 0 spiro atoms. The minimum absolute atomic E-state index is 0.0429. The Kier molecular flexibility index (Phi) is 11.1. The number of hydrogen-bond acceptors (Lipinski definition) is 8. The molecule has 0 aliphatic rings. The van der Waals surface area contributed by atoms with E-state index in [2.05, 4.69) is 20.9 Å². The first kappa shape index (κ1) is 30.1. The number of ether oxygens (including phenoxy) is 2. The second kappa shape index (κ2) is 14.0. The smallest absolute Gasteiger partial charge is 0.436 e. The molecule has 0 saturated carbocycles. The number of hydrogen-bond donors (Lipinski definition) is 3. The molecule has 3 amide bonds. The molecule has 0 aliphatic carbocycles. The summed E-state index contributed by atoms with van der Waals surface area (Å²) in [5.74, 6) is -0.840. The molecule has 0 fully saturated rings. The van der Waals surface area contributed by atoms with Gasteiger partial charge in [0.25, 0.3) is 0 Å². The number of rotatable bonds is 9. The molecular formula is C25H32N4O8S. The zero-order chi connectivity index (χ0) is 28.3. The van der Waals surface area contributed by atoms with Gasteiger partial charge < -0.3 is 24.3 Å². The molecule has 38 heavy (non-hydrogen) atoms. The predicted molar refractivity (Wildman–Crippen MR) is 142 cm³/mol. The normalized spacial score (nSPS) is 11.6. The van der Waals surface area contributed by atoms with Gasteiger partial charge in [-0.05, 0) is 36.1 Å². The van der Waals surface area contributed by atoms with Gasteiger partial charge in [0.15, 0.2) is 0 Å². The van der Waals surface area contributed by atoms with Crippen LogP contribution in [0.5, 0.6) is 5.75 Å². The summed E-state index contributed by atoms with van der Waals surface area (Å²) in [5.41, 5.74) is 0.239. The van der Waals surface area contributed by atoms with Crippen molar-refractivity contribution in [2.75, 3.05) is 23.8 Å². The summed E-state index contributed by atoms with van der Waals surface area (Å²) in [7, 11) is -4.17. The van der Waals surface area contributed by atoms with Crippen molar-refractivity contribution < 1.29 is 36.5 Å². The third-order valence-electron chi connectivity index (χ3n) is 4.30. The van der Waals surface area contributed by atoms with Gasteiger partial charge in [0, 0.05) is 13.0 Å². The Balaban J connectivity index is 2.40. The maximum Gasteiger partial charge on any atom is 0.436 e. The quantitative estimate of drug-likeness (QED) is 0.235. The Hall–Kier alpha value is -4.13. The standard InChI is InChI=1S/C25H32N4O8S/c1-16(2)14-35-24(31)28-23(29-25(32)36-15-17(3)4)27-22-13-19(11-12-21(22)26-18(5)30)37-38(33,34)20-9-7-6-8-10-20/h6-13,16-17H,14-15H2,1-5H3,(H,26,30)(H2,27,28,29,31,32). The number of anilines is 2. The molecule has 13 heteroatoms. The predicted octanol–water partition coefficient (Wildman–Crippen LogP) is 4.36. The fourth-order valence-electron chi connectivity index (χ4n) is 2.69. The van der Waals surface area contributed by atoms with Crippen molar-refractivity contribution in [3.8, 4) is 5.75 Å². The summed E-state index contributed by atoms with van der Waals surface area (Å²) in [6, 6.07) is 11.5. The van der Waals surface area contributed by atoms with Crippen LogP contribution < -0.4 is 20.1 Å². The number of carbonyl (C=O) groups excluding carboxylic acids is 3. The van der Waals surface area contributed by atoms with Gasteiger partial charge in [-0.15, -0.1) is 4.99 Å². The molecule has 0 aromatic heterocycles. The lowest BCUT2D eigenvalue weighted by atomic mass is 10.2. The summed E-state index contributed by atoms with van der Waals surface area (Å²) in [5, 5.41) is 7.59. The lowest BCUT2D eigenvalue weighted by molar-refractivity contribution is -0.114. The second-order valence-corrected chi connectivity index (χ2v) is 10.5. The van der Waals surface area contributed by atoms with Crippen LogP contribution in [0.25, 0.3) is 0 Å². The van der Waals surface area contributed by atoms with Crippen molar-refractivity contribution in [3.05, 3.63) is 48.5 Å². The molecule has 2 aromatic rings. The van der Waals surface area contributed by atoms with Crippen LogP contribution in [-0.4, -0.2) is 45.7 Å². The highest BCUT2D eigenvalue weighted by molar-refractivity contribution is 7.87. The van der Waals surface area contributed by atoms with Crippen LogP contribution in [0, 0.1) is 11.8 Å². The Bertz CT molecular complexity index is 1260. The molecule has 3 N–H and O–H groups in total. The number of alkyl carbamates (subject to hydrolysis) is 1. The molecular weight excluding hydrogens is 516 g/mol. The van der Waals surface area contributed by atoms with Crippen LogP contribution in [-0.2, 0) is 24.4 Å². The first-order chi connectivity index (χ1) is 17.9. The maximum atomic E-state index is 12.7. The highest BCUT2D eigenvalue weighted by atomic mass is 32.2. The number of nitrogens with zero attached hydrogens (tertiary/aromatic N) is 1. The van der Waals surface area contributed by atoms with E-state index in [1.165, 1.54) is 37.3 Å². The third-order valence-corrected chi connectivity index (χ3v) is 5.57. The van der Waals surface area contributed by atoms with Crippen molar-refractivity contribution in [3.63, 3.8) is 0 Å². The number of nitrogens with one attached hydrogen (secondary N) is 3. The Morgan fingerprint density at radius 3 is 2.11 bits per heavy atom. The minimum Gasteiger partial charge on any atom is -0.449 e. The Morgan fingerprint density at radius 2 is 1.50 bits per heavy atom. The van der Waals surface area contributed by atoms with Crippen LogP contribution in [0.2, 0.25) is 0 Å². The summed E-state index contributed by atoms with van der Waals surface area (Å²) in [6.45, 7) is 8.84. The zero-order valence-corrected chi connectivity index (χ0v) is 22.6. The summed E-state index contributed by atoms with van der Waals surface area (Å²) in [4.78, 5) is 40.0. The summed E-state index contributed by atoms with van der Waals surface area (Å²) in [6.07, 6.45) is -1.90. The molecule has 0 aliphatic heterocycles. The van der Waals surface area contributed by atoms with Gasteiger partial charge in [0.05, 0.1) is 24.6 Å². The van der Waals surface area contributed by atoms with E-state index in [1.807, 2.05) is 27.7 Å². The fraction of sp³-hybridized carbons (Fsp3) is 0.360. The molecule has 206 valence electrons. The molecule has 0 saturated heterocycles. The van der Waals surface area contributed by atoms with Gasteiger partial charge in [-0.2, -0.15) is 8.42 Å². The summed E-state index contributed by atoms with van der Waals surface area (Å²) < 4.78 is 40.7. The lowest BCUT2D eigenvalue weighted by Crippen LogP contribution is -2.38. The average molecular weight is 549 g/mol. The van der Waals surface area contributed by atoms with E-state index in [1.54, 1.807) is 18.2 Å². The third kappa shape index (κ3) is 10.5. The van der Waals surface area contributed by atoms with Crippen molar-refractivity contribution in [1.82, 2.24) is 5.32 Å². The van der Waals surface area contributed by atoms with Gasteiger partial charge in [-0.1, -0.05) is 45.9 Å². The number of guanidine groups is 1. The maximum absolute atomic E-state index is 12.7. The van der Waals surface area contributed by atoms with Crippen LogP contribution in [0.15, 0.2) is 58.4 Å². The molecule has 0 unspecified atom stereocenters. The average Bonchev–Trinajstić information content (AvgIpc) is 2.83. The largest absolute Gasteiger partial charge is 0.449 e. The molecule has 12 nitrogen and oxygen atoms in total. The van der Waals surface area contributed by atoms with Gasteiger partial charge >= 0.3 is 22.3 Å². The van der Waals surface area contributed by atoms with E-state index < -0.39 is 28.2 Å². The zero-order valence-electron chi connectivity index (χ0n) is 21.8. The van der Waals surface area contributed by atoms with E-state index >= 15 is 0 Å². The first-order valence-electron chi connectivity index (χ1n) is 11.7. The molecule has 2 aromatic carbocycles. The number of carbonyl (C=O) groups is 3. The van der Waals surface area contributed by atoms with Crippen molar-refractivity contribution in [2.45, 2.75) is 39.5 Å². The van der Waals surface area contributed by atoms with Gasteiger partial charge in [-0.3, -0.25) is 10.1 Å². The highest BCUT2D eigenvalue weighted by Crippen LogP contribution is 2.29. The van der Waals surface area contributed by atoms with Crippen LogP contribution >= 0.6 is 0 Å². The SMILES string of the molecule is CC(=O)Nc1ccc(OS(=O)(=O)c2ccccc2)cc1NC(=NC(=O)OCC(C)C)NC(=O)OCC(C)C. The van der Waals surface area contributed by atoms with Crippen molar-refractivity contribution in [1.29, 1.82) is 0 Å². The number of benzene rings is 2. The number of aliphatic imine (C=N–C) groups is 1. The molecule has 2 rings (SSSR count). The van der Waals surface area contributed by atoms with E-state index in [0.717, 1.165) is 0 Å². The summed E-state index contributed by atoms with van der Waals surface area (Å²) >= 11 is 0. The van der Waals surface area contributed by atoms with E-state index in [9.17, 15) is 22.8 Å². The second-order valence-electron chi connectivity index (χ2n) is 8.91. The Labute approximate surface area is 221 Å². The molecule has 0 heterocycles. The Morgan fingerprint density at radius 1 is 0.868 bits per heavy atom. The van der Waals surface area contributed by atoms with Gasteiger partial charge in [0.1, 0.15) is 10.6 Å². The molecule has 0 bridgehead atoms. The molecule has 0 radical (unpaired) electrons. The monoisotopic (exact) mass is 548 g/mol. The van der Waals surface area contributed by atoms with Crippen LogP contribution in [0.4, 0.5) is 21.0 Å². The topological polar surface area (TPSA) is 161 Å². The van der Waals surface area contributed by atoms with Gasteiger partial charge in [-0.25, -0.2) is 9.59 Å². The first-order valence-corrected chi connectivity index (χ1v) is 13.1. The van der Waals surface area contributed by atoms with E-state index in [0.29, 0.717) is 0 Å². The van der Waals surface area contributed by atoms with Crippen LogP contribution in [0.1, 0.15) is 34.6 Å². The lowest BCUT2D eigenvalue weighted by Gasteiger charge is -2.17. The van der Waals surface area contributed by atoms with Crippen molar-refractivity contribution >= 4 is 45.5 Å². The molecule has 0 atom stereocenters. The number of amides is 3. The highest BCUT2D eigenvalue weighted by Gasteiger charge is 2.19. The van der Waals surface area contributed by atoms with Crippen LogP contribution in [0.3, 0.4) is 0 Å². The van der Waals surface area contributed by atoms with E-state index in [-0.39, 0.29) is 53.0 Å².